The summed E-state index contributed by atoms with van der Waals surface area (Å²) >= 11 is 17.1. The van der Waals surface area contributed by atoms with Gasteiger partial charge >= 0.3 is 6.18 Å². The van der Waals surface area contributed by atoms with Crippen molar-refractivity contribution in [2.75, 3.05) is 0 Å². The lowest BCUT2D eigenvalue weighted by molar-refractivity contribution is -0.0624. The lowest BCUT2D eigenvalue weighted by Crippen LogP contribution is -2.37. The number of benzene rings is 1. The zero-order chi connectivity index (χ0) is 15.2. The molecule has 0 spiro atoms. The Morgan fingerprint density at radius 3 is 2.25 bits per heavy atom. The van der Waals surface area contributed by atoms with Crippen LogP contribution in [0.3, 0.4) is 0 Å². The summed E-state index contributed by atoms with van der Waals surface area (Å²) in [7, 11) is 0. The van der Waals surface area contributed by atoms with Gasteiger partial charge in [-0.05, 0) is 12.1 Å². The van der Waals surface area contributed by atoms with E-state index in [1.807, 2.05) is 0 Å². The van der Waals surface area contributed by atoms with Gasteiger partial charge in [-0.2, -0.15) is 13.2 Å². The minimum absolute atomic E-state index is 0.00519. The van der Waals surface area contributed by atoms with Gasteiger partial charge in [0.25, 0.3) is 0 Å². The number of halogens is 6. The van der Waals surface area contributed by atoms with Crippen molar-refractivity contribution in [3.8, 4) is 0 Å². The first-order valence-corrected chi connectivity index (χ1v) is 6.04. The zero-order valence-electron chi connectivity index (χ0n) is 9.32. The van der Waals surface area contributed by atoms with Gasteiger partial charge in [0.05, 0.1) is 21.1 Å². The number of nitrogens with zero attached hydrogens (tertiary/aromatic N) is 2. The number of hydrogen-bond acceptors (Lipinski definition) is 3. The molecule has 2 rings (SSSR count). The summed E-state index contributed by atoms with van der Waals surface area (Å²) in [6.07, 6.45) is -4.95. The standard InChI is InChI=1S/C10H4Cl3F3N4/c11-3-1-5-6(2-4(3)12)20(8(17)7(13)19-5)9(18)10(14,15)16/h1-2,17-18H. The minimum atomic E-state index is -4.95. The van der Waals surface area contributed by atoms with Gasteiger partial charge in [0.2, 0.25) is 5.84 Å². The molecule has 1 aromatic heterocycles. The van der Waals surface area contributed by atoms with Crippen LogP contribution in [0.2, 0.25) is 15.2 Å². The topological polar surface area (TPSA) is 65.5 Å². The van der Waals surface area contributed by atoms with Crippen molar-refractivity contribution < 1.29 is 13.2 Å². The molecule has 0 saturated heterocycles. The van der Waals surface area contributed by atoms with Gasteiger partial charge < -0.3 is 0 Å². The van der Waals surface area contributed by atoms with Crippen LogP contribution in [-0.4, -0.2) is 21.6 Å². The third-order valence-corrected chi connectivity index (χ3v) is 3.37. The predicted molar refractivity (Wildman–Crippen MR) is 69.8 cm³/mol. The molecule has 4 nitrogen and oxygen atoms in total. The van der Waals surface area contributed by atoms with Gasteiger partial charge in [-0.25, -0.2) is 4.98 Å². The fourth-order valence-corrected chi connectivity index (χ4v) is 2.02. The van der Waals surface area contributed by atoms with Crippen molar-refractivity contribution >= 4 is 51.7 Å². The largest absolute Gasteiger partial charge is 0.449 e. The second-order valence-corrected chi connectivity index (χ2v) is 4.86. The maximum absolute atomic E-state index is 12.7. The number of fused-ring (bicyclic) bond motifs is 1. The Morgan fingerprint density at radius 2 is 1.70 bits per heavy atom. The number of aromatic nitrogens is 2. The van der Waals surface area contributed by atoms with E-state index in [0.717, 1.165) is 6.07 Å². The van der Waals surface area contributed by atoms with E-state index < -0.39 is 22.7 Å². The highest BCUT2D eigenvalue weighted by molar-refractivity contribution is 6.42. The average molecular weight is 344 g/mol. The number of hydrogen-bond donors (Lipinski definition) is 2. The second-order valence-electron chi connectivity index (χ2n) is 3.69. The van der Waals surface area contributed by atoms with Gasteiger partial charge in [0.15, 0.2) is 10.6 Å². The van der Waals surface area contributed by atoms with Gasteiger partial charge in [-0.3, -0.25) is 15.4 Å². The van der Waals surface area contributed by atoms with Crippen LogP contribution in [0.1, 0.15) is 0 Å². The van der Waals surface area contributed by atoms with Crippen molar-refractivity contribution in [1.82, 2.24) is 9.55 Å². The summed E-state index contributed by atoms with van der Waals surface area (Å²) in [4.78, 5) is 3.75. The van der Waals surface area contributed by atoms with Crippen LogP contribution in [0.25, 0.3) is 11.0 Å². The normalized spacial score (nSPS) is 11.9. The van der Waals surface area contributed by atoms with Crippen LogP contribution in [0, 0.1) is 10.8 Å². The minimum Gasteiger partial charge on any atom is -0.281 e. The van der Waals surface area contributed by atoms with Crippen molar-refractivity contribution in [2.24, 2.45) is 0 Å². The maximum Gasteiger partial charge on any atom is 0.449 e. The molecule has 1 aromatic carbocycles. The van der Waals surface area contributed by atoms with Crippen molar-refractivity contribution in [3.63, 3.8) is 0 Å². The molecule has 0 unspecified atom stereocenters. The summed E-state index contributed by atoms with van der Waals surface area (Å²) in [5.41, 5.74) is -0.953. The Balaban J connectivity index is 2.95. The molecule has 0 aliphatic rings. The maximum atomic E-state index is 12.7. The Morgan fingerprint density at radius 1 is 1.15 bits per heavy atom. The van der Waals surface area contributed by atoms with Gasteiger partial charge in [0, 0.05) is 0 Å². The molecule has 0 atom stereocenters. The summed E-state index contributed by atoms with van der Waals surface area (Å²) in [6, 6.07) is 2.31. The van der Waals surface area contributed by atoms with Crippen LogP contribution in [0.4, 0.5) is 13.2 Å². The Kier molecular flexibility index (Phi) is 3.70. The van der Waals surface area contributed by atoms with E-state index >= 15 is 0 Å². The van der Waals surface area contributed by atoms with E-state index in [9.17, 15) is 13.2 Å². The van der Waals surface area contributed by atoms with E-state index in [1.165, 1.54) is 6.07 Å². The fourth-order valence-electron chi connectivity index (χ4n) is 1.52. The van der Waals surface area contributed by atoms with E-state index in [1.54, 1.807) is 0 Å². The molecule has 2 aromatic rings. The fraction of sp³-hybridized carbons (Fsp3) is 0.100. The molecule has 1 heterocycles. The third kappa shape index (κ3) is 2.48. The van der Waals surface area contributed by atoms with Crippen LogP contribution < -0.4 is 5.49 Å². The molecule has 0 saturated carbocycles. The molecule has 0 fully saturated rings. The number of rotatable bonds is 0. The Bertz CT molecular complexity index is 782. The van der Waals surface area contributed by atoms with Crippen molar-refractivity contribution in [2.45, 2.75) is 6.18 Å². The van der Waals surface area contributed by atoms with Gasteiger partial charge in [-0.15, -0.1) is 0 Å². The number of alkyl halides is 3. The number of nitrogens with one attached hydrogen (secondary N) is 2. The van der Waals surface area contributed by atoms with Gasteiger partial charge in [0.1, 0.15) is 0 Å². The quantitative estimate of drug-likeness (QED) is 0.553. The van der Waals surface area contributed by atoms with E-state index in [2.05, 4.69) is 4.98 Å². The monoisotopic (exact) mass is 342 g/mol. The average Bonchev–Trinajstić information content (AvgIpc) is 2.32. The summed E-state index contributed by atoms with van der Waals surface area (Å²) in [5.74, 6) is -1.77. The summed E-state index contributed by atoms with van der Waals surface area (Å²) < 4.78 is 38.4. The molecule has 20 heavy (non-hydrogen) atoms. The lowest BCUT2D eigenvalue weighted by Gasteiger charge is -2.15. The summed E-state index contributed by atoms with van der Waals surface area (Å²) in [5, 5.41) is 14.3. The van der Waals surface area contributed by atoms with E-state index in [-0.39, 0.29) is 21.1 Å². The third-order valence-electron chi connectivity index (χ3n) is 2.39. The van der Waals surface area contributed by atoms with Crippen LogP contribution in [0.15, 0.2) is 12.1 Å². The second kappa shape index (κ2) is 4.91. The Labute approximate surface area is 124 Å². The molecule has 106 valence electrons. The first-order chi connectivity index (χ1) is 9.12. The highest BCUT2D eigenvalue weighted by atomic mass is 35.5. The molecule has 0 aliphatic carbocycles. The molecule has 10 heteroatoms. The van der Waals surface area contributed by atoms with Crippen LogP contribution in [0.5, 0.6) is 0 Å². The Hall–Kier alpha value is -1.31. The molecular weight excluding hydrogens is 339 g/mol. The highest BCUT2D eigenvalue weighted by Gasteiger charge is 2.37. The smallest absolute Gasteiger partial charge is 0.281 e. The van der Waals surface area contributed by atoms with Crippen LogP contribution in [-0.2, 0) is 0 Å². The molecule has 0 radical (unpaired) electrons. The lowest BCUT2D eigenvalue weighted by atomic mass is 10.3. The summed E-state index contributed by atoms with van der Waals surface area (Å²) in [6.45, 7) is 0. The van der Waals surface area contributed by atoms with Crippen LogP contribution >= 0.6 is 34.8 Å². The molecule has 0 amide bonds. The first-order valence-electron chi connectivity index (χ1n) is 4.91. The SMILES string of the molecule is N=C(n1c(=N)c(Cl)nc2cc(Cl)c(Cl)cc21)C(F)(F)F. The predicted octanol–water partition coefficient (Wildman–Crippen LogP) is 3.86. The first kappa shape index (κ1) is 15.1. The molecule has 0 aliphatic heterocycles. The zero-order valence-corrected chi connectivity index (χ0v) is 11.6. The van der Waals surface area contributed by atoms with Crippen molar-refractivity contribution in [1.29, 1.82) is 10.8 Å². The van der Waals surface area contributed by atoms with E-state index in [4.69, 9.17) is 45.6 Å². The van der Waals surface area contributed by atoms with Crippen molar-refractivity contribution in [3.05, 3.63) is 32.8 Å². The molecule has 2 N–H and O–H groups in total. The highest BCUT2D eigenvalue weighted by Crippen LogP contribution is 2.28. The molecular formula is C10H4Cl3F3N4. The molecule has 0 bridgehead atoms. The van der Waals surface area contributed by atoms with E-state index in [0.29, 0.717) is 4.57 Å². The van der Waals surface area contributed by atoms with Gasteiger partial charge in [-0.1, -0.05) is 34.8 Å².